The fraction of sp³-hybridized carbons (Fsp3) is 0.261. The minimum Gasteiger partial charge on any atom is -0.334 e. The lowest BCUT2D eigenvalue weighted by atomic mass is 9.92. The molecule has 0 saturated heterocycles. The highest BCUT2D eigenvalue weighted by molar-refractivity contribution is 7.91. The van der Waals surface area contributed by atoms with E-state index in [1.54, 1.807) is 49.4 Å². The average molecular weight is 515 g/mol. The maximum atomic E-state index is 13.1. The van der Waals surface area contributed by atoms with Crippen LogP contribution in [-0.2, 0) is 21.1 Å². The van der Waals surface area contributed by atoms with Gasteiger partial charge in [0, 0.05) is 24.2 Å². The molecule has 0 bridgehead atoms. The Balaban J connectivity index is 1.69. The Morgan fingerprint density at radius 2 is 1.74 bits per heavy atom. The van der Waals surface area contributed by atoms with Gasteiger partial charge in [0.1, 0.15) is 0 Å². The average Bonchev–Trinajstić information content (AvgIpc) is 2.77. The molecule has 0 aromatic heterocycles. The number of halogens is 4. The summed E-state index contributed by atoms with van der Waals surface area (Å²) in [6.45, 7) is 1.62. The fourth-order valence-electron chi connectivity index (χ4n) is 3.35. The number of rotatable bonds is 7. The van der Waals surface area contributed by atoms with Gasteiger partial charge >= 0.3 is 12.4 Å². The number of carbonyl (C=O) groups is 1. The van der Waals surface area contributed by atoms with Gasteiger partial charge in [-0.1, -0.05) is 67.1 Å². The van der Waals surface area contributed by atoms with Gasteiger partial charge in [-0.25, -0.2) is 13.2 Å². The van der Waals surface area contributed by atoms with Crippen molar-refractivity contribution in [1.82, 2.24) is 10.6 Å². The summed E-state index contributed by atoms with van der Waals surface area (Å²) in [5, 5.41) is 2.79. The zero-order valence-electron chi connectivity index (χ0n) is 18.0. The van der Waals surface area contributed by atoms with Crippen LogP contribution in [-0.4, -0.2) is 31.6 Å². The van der Waals surface area contributed by atoms with Crippen LogP contribution in [0.25, 0.3) is 5.57 Å². The minimum atomic E-state index is -5.00. The summed E-state index contributed by atoms with van der Waals surface area (Å²) < 4.78 is 67.3. The summed E-state index contributed by atoms with van der Waals surface area (Å²) in [4.78, 5) is 12.5. The van der Waals surface area contributed by atoms with Crippen molar-refractivity contribution in [3.63, 3.8) is 0 Å². The van der Waals surface area contributed by atoms with Crippen molar-refractivity contribution in [1.29, 1.82) is 0 Å². The molecule has 2 amide bonds. The number of carbonyl (C=O) groups excluding carboxylic acids is 1. The van der Waals surface area contributed by atoms with Crippen LogP contribution in [0.3, 0.4) is 0 Å². The highest BCUT2D eigenvalue weighted by Gasteiger charge is 2.47. The normalized spacial score (nSPS) is 18.6. The van der Waals surface area contributed by atoms with E-state index in [0.29, 0.717) is 11.1 Å². The first-order chi connectivity index (χ1) is 15.9. The third-order valence-electron chi connectivity index (χ3n) is 5.02. The van der Waals surface area contributed by atoms with Crippen LogP contribution in [0.1, 0.15) is 24.5 Å². The minimum absolute atomic E-state index is 0.0251. The molecule has 1 atom stereocenters. The van der Waals surface area contributed by atoms with Gasteiger partial charge in [0.2, 0.25) is 0 Å². The van der Waals surface area contributed by atoms with Crippen molar-refractivity contribution in [2.45, 2.75) is 36.2 Å². The van der Waals surface area contributed by atoms with Crippen molar-refractivity contribution >= 4 is 33.0 Å². The van der Waals surface area contributed by atoms with Crippen LogP contribution in [0, 0.1) is 0 Å². The van der Waals surface area contributed by atoms with Gasteiger partial charge < -0.3 is 10.6 Å². The zero-order chi connectivity index (χ0) is 25.0. The van der Waals surface area contributed by atoms with Crippen LogP contribution in [0.4, 0.5) is 18.0 Å². The molecule has 1 unspecified atom stereocenters. The summed E-state index contributed by atoms with van der Waals surface area (Å²) in [7, 11) is -3.33. The first-order valence-electron chi connectivity index (χ1n) is 10.2. The maximum absolute atomic E-state index is 13.1. The van der Waals surface area contributed by atoms with Gasteiger partial charge in [0.15, 0.2) is 14.9 Å². The third kappa shape index (κ3) is 6.62. The first-order valence-corrected chi connectivity index (χ1v) is 12.2. The zero-order valence-corrected chi connectivity index (χ0v) is 19.6. The Bertz CT molecular complexity index is 1200. The number of alkyl halides is 4. The molecule has 0 spiro atoms. The number of ether oxygens (including phenoxy) is 1. The van der Waals surface area contributed by atoms with E-state index in [0.717, 1.165) is 0 Å². The van der Waals surface area contributed by atoms with Crippen molar-refractivity contribution in [2.75, 3.05) is 5.75 Å². The molecular formula is C23H22ClF3N2O4S. The van der Waals surface area contributed by atoms with Gasteiger partial charge in [0.25, 0.3) is 0 Å². The predicted octanol–water partition coefficient (Wildman–Crippen LogP) is 5.12. The molecule has 0 saturated carbocycles. The monoisotopic (exact) mass is 514 g/mol. The number of hydrogen-bond donors (Lipinski definition) is 2. The molecule has 0 aliphatic heterocycles. The fourth-order valence-corrected chi connectivity index (χ4v) is 4.64. The molecular weight excluding hydrogens is 493 g/mol. The van der Waals surface area contributed by atoms with Crippen LogP contribution in [0.15, 0.2) is 77.3 Å². The Kier molecular flexibility index (Phi) is 7.74. The Morgan fingerprint density at radius 1 is 1.09 bits per heavy atom. The van der Waals surface area contributed by atoms with Gasteiger partial charge in [-0.15, -0.1) is 13.2 Å². The summed E-state index contributed by atoms with van der Waals surface area (Å²) in [5.74, 6) is -0.0251. The molecule has 3 rings (SSSR count). The predicted molar refractivity (Wildman–Crippen MR) is 122 cm³/mol. The number of amides is 2. The molecule has 2 aromatic rings. The largest absolute Gasteiger partial charge is 0.524 e. The number of sulfone groups is 1. The van der Waals surface area contributed by atoms with E-state index in [4.69, 9.17) is 11.6 Å². The summed E-state index contributed by atoms with van der Waals surface area (Å²) >= 11 is 6.30. The van der Waals surface area contributed by atoms with Crippen LogP contribution in [0.2, 0.25) is 0 Å². The molecule has 6 nitrogen and oxygen atoms in total. The number of hydrogen-bond acceptors (Lipinski definition) is 4. The lowest BCUT2D eigenvalue weighted by Crippen LogP contribution is -2.41. The molecule has 0 fully saturated rings. The van der Waals surface area contributed by atoms with E-state index in [-0.39, 0.29) is 28.5 Å². The van der Waals surface area contributed by atoms with E-state index in [1.165, 1.54) is 24.3 Å². The Hall–Kier alpha value is -2.82. The van der Waals surface area contributed by atoms with E-state index >= 15 is 0 Å². The van der Waals surface area contributed by atoms with Crippen molar-refractivity contribution in [3.8, 4) is 0 Å². The molecule has 182 valence electrons. The van der Waals surface area contributed by atoms with Gasteiger partial charge in [-0.2, -0.15) is 0 Å². The SMILES string of the molecule is CCS(=O)(=O)c1ccc(CNC(=O)NC2=CC=C(c3ccccc3)C(Cl)(OC(F)(F)F)C2)cc1. The smallest absolute Gasteiger partial charge is 0.334 e. The highest BCUT2D eigenvalue weighted by atomic mass is 35.5. The van der Waals surface area contributed by atoms with Gasteiger partial charge in [-0.05, 0) is 29.3 Å². The lowest BCUT2D eigenvalue weighted by Gasteiger charge is -2.34. The summed E-state index contributed by atoms with van der Waals surface area (Å²) in [5.41, 5.74) is 1.33. The van der Waals surface area contributed by atoms with Crippen molar-refractivity contribution < 1.29 is 31.1 Å². The molecule has 1 aliphatic carbocycles. The second-order valence-corrected chi connectivity index (χ2v) is 10.3. The van der Waals surface area contributed by atoms with Crippen molar-refractivity contribution in [3.05, 3.63) is 83.6 Å². The summed E-state index contributed by atoms with van der Waals surface area (Å²) in [6.07, 6.45) is -2.60. The number of allylic oxidation sites excluding steroid dienone is 2. The molecule has 1 aliphatic rings. The molecule has 34 heavy (non-hydrogen) atoms. The molecule has 0 heterocycles. The quantitative estimate of drug-likeness (QED) is 0.502. The topological polar surface area (TPSA) is 84.5 Å². The lowest BCUT2D eigenvalue weighted by molar-refractivity contribution is -0.342. The number of benzene rings is 2. The Labute approximate surface area is 200 Å². The number of nitrogens with one attached hydrogen (secondary N) is 2. The highest BCUT2D eigenvalue weighted by Crippen LogP contribution is 2.45. The number of urea groups is 1. The summed E-state index contributed by atoms with van der Waals surface area (Å²) in [6, 6.07) is 13.6. The molecule has 2 N–H and O–H groups in total. The molecule has 2 aromatic carbocycles. The molecule has 11 heteroatoms. The second-order valence-electron chi connectivity index (χ2n) is 7.45. The van der Waals surface area contributed by atoms with Crippen molar-refractivity contribution in [2.24, 2.45) is 0 Å². The van der Waals surface area contributed by atoms with E-state index in [9.17, 15) is 26.4 Å². The first kappa shape index (κ1) is 25.8. The van der Waals surface area contributed by atoms with Gasteiger partial charge in [0.05, 0.1) is 10.6 Å². The van der Waals surface area contributed by atoms with E-state index in [1.807, 2.05) is 0 Å². The van der Waals surface area contributed by atoms with Gasteiger partial charge in [-0.3, -0.25) is 4.74 Å². The van der Waals surface area contributed by atoms with Crippen LogP contribution in [0.5, 0.6) is 0 Å². The second kappa shape index (κ2) is 10.2. The maximum Gasteiger partial charge on any atom is 0.524 e. The van der Waals surface area contributed by atoms with Crippen LogP contribution >= 0.6 is 11.6 Å². The van der Waals surface area contributed by atoms with E-state index < -0.39 is 33.7 Å². The van der Waals surface area contributed by atoms with Crippen LogP contribution < -0.4 is 10.6 Å². The van der Waals surface area contributed by atoms with E-state index in [2.05, 4.69) is 15.4 Å². The molecule has 0 radical (unpaired) electrons. The standard InChI is InChI=1S/C23H22ClF3N2O4S/c1-2-34(31,32)19-11-8-16(9-12-19)15-28-21(30)29-18-10-13-20(17-6-4-3-5-7-17)22(24,14-18)33-23(25,26)27/h3-13H,2,14-15H2,1H3,(H2,28,29,30). The Morgan fingerprint density at radius 3 is 2.32 bits per heavy atom. The third-order valence-corrected chi connectivity index (χ3v) is 7.19.